The van der Waals surface area contributed by atoms with E-state index in [1.807, 2.05) is 78.8 Å². The normalized spacial score (nSPS) is 17.6. The second-order valence-corrected chi connectivity index (χ2v) is 25.1. The largest absolute Gasteiger partial charge is 0.509 e. The van der Waals surface area contributed by atoms with E-state index in [1.165, 1.54) is 11.6 Å². The third-order valence-electron chi connectivity index (χ3n) is 16.0. The SMILES string of the molecule is [2H]c1c([2H])c([2H])c(-c2cccc(-c3cc(C(C)(C)C)cc(C(C)(C)C)c3)c2N2[CH-]N(c3[c-]c(Oc4[c-]c5c(cc4)c4c([2H])c([2H])c([2H])c([2H])c4n5-c4cc(C([2H])([2H])C(C)C)c(-c5cccc6c5C(C)(C)CCC6(C)C)cn4)c(C([2H])([2H])[2H])cc3)c3ccccc32)c([2H])c1[2H].[Pt]. The number of fused-ring (bicyclic) bond motifs is 5. The number of nitrogens with zero attached hydrogens (tertiary/aromatic N) is 4. The smallest absolute Gasteiger partial charge is 0.135 e. The third kappa shape index (κ3) is 10.2. The molecule has 10 aromatic rings. The maximum absolute atomic E-state index is 9.79. The third-order valence-corrected chi connectivity index (χ3v) is 16.0. The van der Waals surface area contributed by atoms with Crippen molar-refractivity contribution in [2.45, 2.75) is 131 Å². The van der Waals surface area contributed by atoms with Gasteiger partial charge in [-0.15, -0.1) is 47.6 Å². The van der Waals surface area contributed by atoms with Gasteiger partial charge in [-0.2, -0.15) is 12.1 Å². The fourth-order valence-corrected chi connectivity index (χ4v) is 11.6. The molecule has 414 valence electrons. The number of hydrogen-bond acceptors (Lipinski definition) is 4. The molecule has 0 amide bonds. The topological polar surface area (TPSA) is 33.5 Å². The van der Waals surface area contributed by atoms with Crippen molar-refractivity contribution >= 4 is 44.6 Å². The molecule has 12 rings (SSSR count). The summed E-state index contributed by atoms with van der Waals surface area (Å²) in [6.45, 7) is 24.5. The first kappa shape index (κ1) is 40.9. The molecule has 0 fully saturated rings. The van der Waals surface area contributed by atoms with Crippen LogP contribution in [0.25, 0.3) is 61.0 Å². The quantitative estimate of drug-likeness (QED) is 0.128. The molecule has 0 atom stereocenters. The van der Waals surface area contributed by atoms with Gasteiger partial charge in [0.1, 0.15) is 5.82 Å². The average Bonchev–Trinajstić information content (AvgIpc) is 1.69. The van der Waals surface area contributed by atoms with Crippen molar-refractivity contribution in [3.05, 3.63) is 222 Å². The Labute approximate surface area is 516 Å². The van der Waals surface area contributed by atoms with Gasteiger partial charge in [-0.1, -0.05) is 211 Å². The molecule has 1 aliphatic heterocycles. The summed E-state index contributed by atoms with van der Waals surface area (Å²) in [5.74, 6) is -0.559. The maximum Gasteiger partial charge on any atom is 0.135 e. The maximum atomic E-state index is 9.79. The van der Waals surface area contributed by atoms with Gasteiger partial charge in [0, 0.05) is 84.9 Å². The van der Waals surface area contributed by atoms with Gasteiger partial charge in [0.05, 0.1) is 12.3 Å². The van der Waals surface area contributed by atoms with Gasteiger partial charge in [-0.05, 0) is 121 Å². The summed E-state index contributed by atoms with van der Waals surface area (Å²) in [6, 6.07) is 36.6. The Morgan fingerprint density at radius 1 is 0.679 bits per heavy atom. The van der Waals surface area contributed by atoms with Crippen LogP contribution in [0.15, 0.2) is 170 Å². The number of anilines is 4. The van der Waals surface area contributed by atoms with Crippen molar-refractivity contribution in [2.75, 3.05) is 9.80 Å². The second-order valence-electron chi connectivity index (χ2n) is 25.1. The molecule has 0 saturated heterocycles. The van der Waals surface area contributed by atoms with Crippen molar-refractivity contribution < 1.29 is 45.0 Å². The first-order valence-electron chi connectivity index (χ1n) is 34.6. The molecular weight excluding hydrogens is 1170 g/mol. The standard InChI is InChI=1S/C75H75N4O.Pt/c1-48(2)39-51-42-69(76-46-62(51)61-28-22-29-63-70(61)75(12,13)38-37-74(63,10)11)79-64-30-18-17-25-59(64)60-36-35-56(45-67(60)79)80-68-44-55(34-33-49(68)3)77-47-78(66-32-20-19-31-65(66)77)71-57(50-23-15-14-16-24-50)26-21-27-58(71)52-40-53(72(4,5)6)43-54(41-52)73(7,8)9;/h14-36,40-43,46-48H,37-39H2,1-13H3;/q-3;/i3D3,14D,15D,16D,17D,18D,23D,24D,25D,30D,39D2;. The molecule has 3 heterocycles. The number of rotatable bonds is 10. The van der Waals surface area contributed by atoms with Gasteiger partial charge in [0.25, 0.3) is 0 Å². The summed E-state index contributed by atoms with van der Waals surface area (Å²) >= 11 is 0. The Balaban J connectivity index is 0.00000919. The first-order valence-corrected chi connectivity index (χ1v) is 27.6. The number of aromatic nitrogens is 2. The van der Waals surface area contributed by atoms with Crippen LogP contribution < -0.4 is 14.5 Å². The van der Waals surface area contributed by atoms with Crippen LogP contribution in [0, 0.1) is 31.6 Å². The minimum atomic E-state index is -2.75. The Kier molecular flexibility index (Phi) is 10.6. The molecule has 0 unspecified atom stereocenters. The Hall–Kier alpha value is -7.20. The van der Waals surface area contributed by atoms with Gasteiger partial charge in [-0.3, -0.25) is 0 Å². The number of pyridine rings is 1. The Morgan fingerprint density at radius 2 is 1.33 bits per heavy atom. The van der Waals surface area contributed by atoms with E-state index >= 15 is 0 Å². The van der Waals surface area contributed by atoms with Crippen LogP contribution in [0.4, 0.5) is 22.7 Å². The minimum Gasteiger partial charge on any atom is -0.509 e. The van der Waals surface area contributed by atoms with Crippen LogP contribution in [-0.2, 0) is 49.1 Å². The van der Waals surface area contributed by atoms with E-state index in [1.54, 1.807) is 41.1 Å². The molecule has 2 aliphatic rings. The molecule has 0 N–H and O–H groups in total. The van der Waals surface area contributed by atoms with Gasteiger partial charge in [0.15, 0.2) is 0 Å². The molecule has 0 saturated carbocycles. The van der Waals surface area contributed by atoms with Crippen molar-refractivity contribution in [2.24, 2.45) is 5.92 Å². The molecule has 0 spiro atoms. The zero-order valence-corrected chi connectivity index (χ0v) is 50.3. The second kappa shape index (κ2) is 21.0. The average molecular weight is 1260 g/mol. The van der Waals surface area contributed by atoms with Gasteiger partial charge >= 0.3 is 0 Å². The number of benzene rings is 8. The van der Waals surface area contributed by atoms with E-state index < -0.39 is 49.4 Å². The molecule has 6 heteroatoms. The minimum absolute atomic E-state index is 0. The van der Waals surface area contributed by atoms with Crippen molar-refractivity contribution in [1.29, 1.82) is 0 Å². The van der Waals surface area contributed by atoms with Crippen LogP contribution in [0.2, 0.25) is 0 Å². The van der Waals surface area contributed by atoms with Gasteiger partial charge in [0.2, 0.25) is 0 Å². The zero-order chi connectivity index (χ0) is 68.2. The van der Waals surface area contributed by atoms with E-state index in [4.69, 9.17) is 20.7 Å². The van der Waals surface area contributed by atoms with Crippen LogP contribution in [0.1, 0.15) is 148 Å². The fraction of sp³-hybridized carbons (Fsp3) is 0.280. The molecule has 81 heavy (non-hydrogen) atoms. The summed E-state index contributed by atoms with van der Waals surface area (Å²) in [6.07, 6.45) is 1.62. The predicted octanol–water partition coefficient (Wildman–Crippen LogP) is 20.4. The zero-order valence-electron chi connectivity index (χ0n) is 62.1. The summed E-state index contributed by atoms with van der Waals surface area (Å²) < 4.78 is 136. The summed E-state index contributed by atoms with van der Waals surface area (Å²) in [5, 5.41) is 0.525. The monoisotopic (exact) mass is 1260 g/mol. The molecule has 1 aliphatic carbocycles. The van der Waals surface area contributed by atoms with Crippen LogP contribution in [-0.4, -0.2) is 9.55 Å². The number of ether oxygens (including phenoxy) is 1. The van der Waals surface area contributed by atoms with Crippen molar-refractivity contribution in [3.63, 3.8) is 0 Å². The predicted molar refractivity (Wildman–Crippen MR) is 336 cm³/mol. The van der Waals surface area contributed by atoms with Gasteiger partial charge < -0.3 is 19.1 Å². The Morgan fingerprint density at radius 3 is 2.04 bits per heavy atom. The molecular formula is C75H75N4OPt-3. The van der Waals surface area contributed by atoms with Crippen molar-refractivity contribution in [3.8, 4) is 50.7 Å². The molecule has 0 bridgehead atoms. The van der Waals surface area contributed by atoms with E-state index in [9.17, 15) is 8.22 Å². The molecule has 2 aromatic heterocycles. The summed E-state index contributed by atoms with van der Waals surface area (Å²) in [5.41, 5.74) is 9.44. The fourth-order valence-electron chi connectivity index (χ4n) is 11.6. The van der Waals surface area contributed by atoms with Crippen LogP contribution in [0.5, 0.6) is 11.5 Å². The van der Waals surface area contributed by atoms with Crippen LogP contribution in [0.3, 0.4) is 0 Å². The van der Waals surface area contributed by atoms with Gasteiger partial charge in [-0.25, -0.2) is 4.98 Å². The Bertz CT molecular complexity index is 4730. The molecule has 8 aromatic carbocycles. The van der Waals surface area contributed by atoms with Crippen molar-refractivity contribution in [1.82, 2.24) is 9.55 Å². The molecule has 5 nitrogen and oxygen atoms in total. The summed E-state index contributed by atoms with van der Waals surface area (Å²) in [7, 11) is 0. The van der Waals surface area contributed by atoms with E-state index in [2.05, 4.69) is 106 Å². The van der Waals surface area contributed by atoms with E-state index in [0.717, 1.165) is 40.7 Å². The first-order chi connectivity index (χ1) is 43.8. The summed E-state index contributed by atoms with van der Waals surface area (Å²) in [4.78, 5) is 8.83. The van der Waals surface area contributed by atoms with Crippen LogP contribution >= 0.6 is 0 Å². The van der Waals surface area contributed by atoms with E-state index in [0.29, 0.717) is 50.4 Å². The molecule has 0 radical (unpaired) electrons. The number of aryl methyl sites for hydroxylation is 1. The number of para-hydroxylation sites is 4. The van der Waals surface area contributed by atoms with E-state index in [-0.39, 0.29) is 112 Å². The number of hydrogen-bond donors (Lipinski definition) is 0.